The Hall–Kier alpha value is -2.92. The van der Waals surface area contributed by atoms with Crippen molar-refractivity contribution in [2.75, 3.05) is 4.72 Å². The molecule has 0 aliphatic carbocycles. The lowest BCUT2D eigenvalue weighted by atomic mass is 10.2. The van der Waals surface area contributed by atoms with Crippen molar-refractivity contribution in [3.05, 3.63) is 54.2 Å². The van der Waals surface area contributed by atoms with Crippen molar-refractivity contribution in [3.8, 4) is 10.6 Å². The Morgan fingerprint density at radius 3 is 2.32 bits per heavy atom. The first kappa shape index (κ1) is 16.9. The number of aromatic nitrogens is 3. The Bertz CT molecular complexity index is 1020. The molecule has 1 aromatic carbocycles. The molecule has 11 heteroatoms. The molecule has 128 valence electrons. The number of anilines is 1. The zero-order valence-corrected chi connectivity index (χ0v) is 13.9. The van der Waals surface area contributed by atoms with Crippen molar-refractivity contribution in [1.29, 1.82) is 0 Å². The summed E-state index contributed by atoms with van der Waals surface area (Å²) in [6, 6.07) is 5.49. The molecule has 2 aromatic heterocycles. The molecule has 0 unspecified atom stereocenters. The fourth-order valence-electron chi connectivity index (χ4n) is 1.77. The standard InChI is InChI=1S/C14H9FN4O4S2/c15-10-3-1-8(2-4-10)12-16-7-11(24-12)25(22,23)19-14-17-5-9(6-18-14)13(20)21/h1-7H,(H,20,21)(H,17,18,19). The average Bonchev–Trinajstić information content (AvgIpc) is 3.06. The van der Waals surface area contributed by atoms with Crippen LogP contribution in [0.2, 0.25) is 0 Å². The maximum Gasteiger partial charge on any atom is 0.338 e. The van der Waals surface area contributed by atoms with E-state index in [4.69, 9.17) is 5.11 Å². The quantitative estimate of drug-likeness (QED) is 0.696. The third-order valence-corrected chi connectivity index (χ3v) is 5.80. The summed E-state index contributed by atoms with van der Waals surface area (Å²) in [6.07, 6.45) is 3.14. The fourth-order valence-corrected chi connectivity index (χ4v) is 3.86. The lowest BCUT2D eigenvalue weighted by Crippen LogP contribution is -2.14. The van der Waals surface area contributed by atoms with Crippen molar-refractivity contribution >= 4 is 33.3 Å². The molecule has 0 saturated carbocycles. The van der Waals surface area contributed by atoms with Gasteiger partial charge in [-0.15, -0.1) is 11.3 Å². The molecular formula is C14H9FN4O4S2. The fraction of sp³-hybridized carbons (Fsp3) is 0. The summed E-state index contributed by atoms with van der Waals surface area (Å²) in [5, 5.41) is 9.17. The van der Waals surface area contributed by atoms with Gasteiger partial charge in [0.2, 0.25) is 5.95 Å². The number of aromatic carboxylic acids is 1. The number of nitrogens with zero attached hydrogens (tertiary/aromatic N) is 3. The highest BCUT2D eigenvalue weighted by molar-refractivity contribution is 7.94. The zero-order chi connectivity index (χ0) is 18.0. The van der Waals surface area contributed by atoms with Crippen molar-refractivity contribution in [2.45, 2.75) is 4.21 Å². The number of nitrogens with one attached hydrogen (secondary N) is 1. The van der Waals surface area contributed by atoms with E-state index >= 15 is 0 Å². The van der Waals surface area contributed by atoms with E-state index in [0.29, 0.717) is 10.6 Å². The van der Waals surface area contributed by atoms with Crippen molar-refractivity contribution in [2.24, 2.45) is 0 Å². The number of sulfonamides is 1. The van der Waals surface area contributed by atoms with Crippen LogP contribution in [-0.2, 0) is 10.0 Å². The molecule has 0 amide bonds. The van der Waals surface area contributed by atoms with Crippen molar-refractivity contribution in [3.63, 3.8) is 0 Å². The maximum absolute atomic E-state index is 12.9. The second-order valence-electron chi connectivity index (χ2n) is 4.70. The molecule has 8 nitrogen and oxygen atoms in total. The van der Waals surface area contributed by atoms with Gasteiger partial charge in [-0.05, 0) is 24.3 Å². The number of benzene rings is 1. The van der Waals surface area contributed by atoms with Gasteiger partial charge in [0.25, 0.3) is 10.0 Å². The van der Waals surface area contributed by atoms with Gasteiger partial charge in [-0.3, -0.25) is 0 Å². The molecule has 2 heterocycles. The Morgan fingerprint density at radius 2 is 1.72 bits per heavy atom. The molecule has 3 rings (SSSR count). The van der Waals surface area contributed by atoms with E-state index in [9.17, 15) is 17.6 Å². The van der Waals surface area contributed by atoms with Gasteiger partial charge in [-0.1, -0.05) is 0 Å². The molecule has 2 N–H and O–H groups in total. The number of hydrogen-bond acceptors (Lipinski definition) is 7. The van der Waals surface area contributed by atoms with Crippen LogP contribution in [0.3, 0.4) is 0 Å². The number of carboxylic acid groups (broad SMARTS) is 1. The van der Waals surface area contributed by atoms with Crippen LogP contribution in [0.25, 0.3) is 10.6 Å². The smallest absolute Gasteiger partial charge is 0.338 e. The van der Waals surface area contributed by atoms with E-state index in [-0.39, 0.29) is 15.7 Å². The van der Waals surface area contributed by atoms with Crippen LogP contribution in [-0.4, -0.2) is 34.4 Å². The van der Waals surface area contributed by atoms with Gasteiger partial charge >= 0.3 is 5.97 Å². The molecule has 0 bridgehead atoms. The first-order valence-electron chi connectivity index (χ1n) is 6.65. The Morgan fingerprint density at radius 1 is 1.08 bits per heavy atom. The molecular weight excluding hydrogens is 371 g/mol. The van der Waals surface area contributed by atoms with E-state index in [1.807, 2.05) is 0 Å². The number of thiazole rings is 1. The summed E-state index contributed by atoms with van der Waals surface area (Å²) in [4.78, 5) is 22.0. The summed E-state index contributed by atoms with van der Waals surface area (Å²) in [5.41, 5.74) is 0.411. The van der Waals surface area contributed by atoms with E-state index in [1.54, 1.807) is 0 Å². The molecule has 25 heavy (non-hydrogen) atoms. The normalized spacial score (nSPS) is 11.2. The number of halogens is 1. The van der Waals surface area contributed by atoms with Gasteiger partial charge in [-0.25, -0.2) is 37.3 Å². The summed E-state index contributed by atoms with van der Waals surface area (Å²) < 4.78 is 39.6. The van der Waals surface area contributed by atoms with E-state index in [2.05, 4.69) is 19.7 Å². The Labute approximate surface area is 145 Å². The predicted octanol–water partition coefficient (Wildman–Crippen LogP) is 2.24. The summed E-state index contributed by atoms with van der Waals surface area (Å²) in [5.74, 6) is -1.89. The third-order valence-electron chi connectivity index (χ3n) is 2.96. The monoisotopic (exact) mass is 380 g/mol. The highest BCUT2D eigenvalue weighted by Gasteiger charge is 2.20. The minimum atomic E-state index is -3.98. The molecule has 0 spiro atoms. The topological polar surface area (TPSA) is 122 Å². The SMILES string of the molecule is O=C(O)c1cnc(NS(=O)(=O)c2cnc(-c3ccc(F)cc3)s2)nc1. The minimum absolute atomic E-state index is 0.0854. The molecule has 0 radical (unpaired) electrons. The van der Waals surface area contributed by atoms with Crippen LogP contribution in [0, 0.1) is 5.82 Å². The third kappa shape index (κ3) is 3.78. The zero-order valence-electron chi connectivity index (χ0n) is 12.2. The van der Waals surface area contributed by atoms with Crippen LogP contribution in [0.5, 0.6) is 0 Å². The van der Waals surface area contributed by atoms with Crippen LogP contribution >= 0.6 is 11.3 Å². The number of rotatable bonds is 5. The van der Waals surface area contributed by atoms with Crippen molar-refractivity contribution in [1.82, 2.24) is 15.0 Å². The van der Waals surface area contributed by atoms with Crippen LogP contribution in [0.4, 0.5) is 10.3 Å². The first-order chi connectivity index (χ1) is 11.8. The molecule has 0 fully saturated rings. The average molecular weight is 380 g/mol. The minimum Gasteiger partial charge on any atom is -0.478 e. The number of carboxylic acids is 1. The summed E-state index contributed by atoms with van der Waals surface area (Å²) in [7, 11) is -3.98. The highest BCUT2D eigenvalue weighted by Crippen LogP contribution is 2.28. The maximum atomic E-state index is 12.9. The van der Waals surface area contributed by atoms with Gasteiger partial charge < -0.3 is 5.11 Å². The molecule has 0 saturated heterocycles. The highest BCUT2D eigenvalue weighted by atomic mass is 32.2. The predicted molar refractivity (Wildman–Crippen MR) is 87.3 cm³/mol. The van der Waals surface area contributed by atoms with Crippen LogP contribution in [0.1, 0.15) is 10.4 Å². The van der Waals surface area contributed by atoms with E-state index in [1.165, 1.54) is 24.3 Å². The van der Waals surface area contributed by atoms with E-state index < -0.39 is 21.8 Å². The van der Waals surface area contributed by atoms with Gasteiger partial charge in [0.1, 0.15) is 10.8 Å². The Kier molecular flexibility index (Phi) is 4.42. The Balaban J connectivity index is 1.83. The number of carbonyl (C=O) groups is 1. The van der Waals surface area contributed by atoms with Gasteiger partial charge in [0.15, 0.2) is 4.21 Å². The second kappa shape index (κ2) is 6.53. The van der Waals surface area contributed by atoms with Gasteiger partial charge in [0, 0.05) is 18.0 Å². The van der Waals surface area contributed by atoms with E-state index in [0.717, 1.165) is 29.9 Å². The molecule has 0 atom stereocenters. The number of hydrogen-bond donors (Lipinski definition) is 2. The lowest BCUT2D eigenvalue weighted by molar-refractivity contribution is 0.0696. The van der Waals surface area contributed by atoms with Gasteiger partial charge in [-0.2, -0.15) is 0 Å². The van der Waals surface area contributed by atoms with Crippen LogP contribution in [0.15, 0.2) is 47.1 Å². The molecule has 3 aromatic rings. The molecule has 0 aliphatic heterocycles. The lowest BCUT2D eigenvalue weighted by Gasteiger charge is -2.03. The second-order valence-corrected chi connectivity index (χ2v) is 7.64. The van der Waals surface area contributed by atoms with Crippen LogP contribution < -0.4 is 4.72 Å². The molecule has 0 aliphatic rings. The van der Waals surface area contributed by atoms with Gasteiger partial charge in [0.05, 0.1) is 11.8 Å². The first-order valence-corrected chi connectivity index (χ1v) is 8.95. The van der Waals surface area contributed by atoms with Crippen molar-refractivity contribution < 1.29 is 22.7 Å². The largest absolute Gasteiger partial charge is 0.478 e. The summed E-state index contributed by atoms with van der Waals surface area (Å²) in [6.45, 7) is 0. The summed E-state index contributed by atoms with van der Waals surface area (Å²) >= 11 is 0.892.